The van der Waals surface area contributed by atoms with Crippen molar-refractivity contribution in [2.45, 2.75) is 39.9 Å². The molecule has 6 heteroatoms. The number of imidazole rings is 2. The first-order valence-electron chi connectivity index (χ1n) is 21.2. The largest absolute Gasteiger partial charge is 2.00 e. The van der Waals surface area contributed by atoms with Gasteiger partial charge in [0, 0.05) is 19.4 Å². The second kappa shape index (κ2) is 13.3. The van der Waals surface area contributed by atoms with Gasteiger partial charge in [-0.1, -0.05) is 93.1 Å². The molecule has 0 aliphatic heterocycles. The van der Waals surface area contributed by atoms with Crippen molar-refractivity contribution >= 4 is 44.1 Å². The number of aromatic nitrogens is 4. The van der Waals surface area contributed by atoms with Crippen molar-refractivity contribution in [2.24, 2.45) is 0 Å². The van der Waals surface area contributed by atoms with Gasteiger partial charge in [-0.3, -0.25) is 8.80 Å². The number of hydrogen-bond acceptors (Lipinski definition) is 3. The molecule has 3 heterocycles. The molecule has 0 spiro atoms. The molecule has 10 rings (SSSR count). The van der Waals surface area contributed by atoms with Crippen LogP contribution in [0.1, 0.15) is 45.7 Å². The number of phenols is 1. The molecule has 3 aromatic heterocycles. The van der Waals surface area contributed by atoms with Gasteiger partial charge in [0.25, 0.3) is 0 Å². The van der Waals surface area contributed by atoms with E-state index in [2.05, 4.69) is 45.0 Å². The second-order valence-electron chi connectivity index (χ2n) is 15.0. The van der Waals surface area contributed by atoms with E-state index in [1.165, 1.54) is 23.8 Å². The summed E-state index contributed by atoms with van der Waals surface area (Å²) in [4.78, 5) is 10.6. The average Bonchev–Trinajstić information content (AvgIpc) is 3.79. The summed E-state index contributed by atoms with van der Waals surface area (Å²) in [5, 5.41) is 12.3. The van der Waals surface area contributed by atoms with Crippen molar-refractivity contribution in [1.82, 2.24) is 18.8 Å². The summed E-state index contributed by atoms with van der Waals surface area (Å²) >= 11 is 0. The fourth-order valence-corrected chi connectivity index (χ4v) is 7.95. The van der Waals surface area contributed by atoms with Crippen LogP contribution in [0.3, 0.4) is 0 Å². The van der Waals surface area contributed by atoms with E-state index in [1.54, 1.807) is 18.2 Å². The van der Waals surface area contributed by atoms with E-state index in [0.717, 1.165) is 33.3 Å². The topological polar surface area (TPSA) is 54.8 Å². The minimum atomic E-state index is -2.63. The van der Waals surface area contributed by atoms with E-state index in [-0.39, 0.29) is 48.9 Å². The molecule has 5 nitrogen and oxygen atoms in total. The summed E-state index contributed by atoms with van der Waals surface area (Å²) in [5.41, 5.74) is 9.86. The summed E-state index contributed by atoms with van der Waals surface area (Å²) in [5.74, 6) is 0.525. The number of aryl methyl sites for hydroxylation is 2. The quantitative estimate of drug-likeness (QED) is 0.179. The first kappa shape index (κ1) is 29.3. The van der Waals surface area contributed by atoms with Crippen molar-refractivity contribution in [1.29, 1.82) is 0 Å². The van der Waals surface area contributed by atoms with Crippen molar-refractivity contribution in [3.05, 3.63) is 162 Å². The molecule has 0 aliphatic rings. The zero-order valence-corrected chi connectivity index (χ0v) is 33.0. The summed E-state index contributed by atoms with van der Waals surface area (Å²) in [6, 6.07) is 48.2. The van der Waals surface area contributed by atoms with E-state index in [4.69, 9.17) is 18.2 Å². The van der Waals surface area contributed by atoms with Gasteiger partial charge in [0.2, 0.25) is 0 Å². The van der Waals surface area contributed by atoms with Crippen LogP contribution in [0.2, 0.25) is 0 Å². The minimum Gasteiger partial charge on any atom is -0.507 e. The third-order valence-corrected chi connectivity index (χ3v) is 10.6. The summed E-state index contributed by atoms with van der Waals surface area (Å²) in [7, 11) is 0. The predicted molar refractivity (Wildman–Crippen MR) is 226 cm³/mol. The second-order valence-corrected chi connectivity index (χ2v) is 15.0. The zero-order chi connectivity index (χ0) is 42.6. The van der Waals surface area contributed by atoms with Gasteiger partial charge in [-0.15, -0.1) is 29.3 Å². The third-order valence-electron chi connectivity index (χ3n) is 10.6. The summed E-state index contributed by atoms with van der Waals surface area (Å²) < 4.78 is 55.2. The minimum absolute atomic E-state index is 0. The molecule has 0 amide bonds. The number of phenolic OH excluding ortho intramolecular Hbond substituents is 1. The Bertz CT molecular complexity index is 3370. The third kappa shape index (κ3) is 5.48. The Morgan fingerprint density at radius 2 is 1.38 bits per heavy atom. The molecule has 0 saturated carbocycles. The molecule has 0 fully saturated rings. The van der Waals surface area contributed by atoms with E-state index in [1.807, 2.05) is 93.7 Å². The molecule has 0 radical (unpaired) electrons. The summed E-state index contributed by atoms with van der Waals surface area (Å²) in [6.07, 6.45) is 0. The van der Waals surface area contributed by atoms with Crippen molar-refractivity contribution in [3.63, 3.8) is 0 Å². The Hall–Kier alpha value is -6.03. The molecule has 0 aliphatic carbocycles. The fraction of sp³-hybridized carbons (Fsp3) is 0.120. The number of para-hydroxylation sites is 1. The van der Waals surface area contributed by atoms with Crippen LogP contribution < -0.4 is 0 Å². The van der Waals surface area contributed by atoms with Gasteiger partial charge < -0.3 is 5.11 Å². The van der Waals surface area contributed by atoms with Crippen molar-refractivity contribution in [3.8, 4) is 50.5 Å². The van der Waals surface area contributed by atoms with Gasteiger partial charge in [-0.05, 0) is 66.1 Å². The molecule has 0 atom stereocenters. The zero-order valence-electron chi connectivity index (χ0n) is 36.8. The number of hydrogen-bond donors (Lipinski definition) is 1. The Kier molecular flexibility index (Phi) is 6.97. The van der Waals surface area contributed by atoms with Gasteiger partial charge in [0.15, 0.2) is 5.65 Å². The smallest absolute Gasteiger partial charge is 0.507 e. The SMILES string of the molecule is [2H]C([2H])([2H])c1cccc(C([2H])([2H])[2H])c1-c1ccc2c3c1nc(-c1ccccc1)n3c1cccc(O)c1c1nc3c(-c4[c-]c(-c5[c-]ccc(C(C)(C)C)c5)ccc4)cccc3n21.[Pt+2]. The predicted octanol–water partition coefficient (Wildman–Crippen LogP) is 12.3. The molecule has 274 valence electrons. The average molecular weight is 912 g/mol. The van der Waals surface area contributed by atoms with Crippen LogP contribution >= 0.6 is 0 Å². The van der Waals surface area contributed by atoms with Gasteiger partial charge in [-0.25, -0.2) is 15.5 Å². The molecule has 0 bridgehead atoms. The summed E-state index contributed by atoms with van der Waals surface area (Å²) in [6.45, 7) is 1.29. The molecule has 0 saturated heterocycles. The number of rotatable bonds is 4. The van der Waals surface area contributed by atoms with E-state index in [0.29, 0.717) is 50.0 Å². The number of benzene rings is 7. The molecule has 1 N–H and O–H groups in total. The normalized spacial score (nSPS) is 14.0. The maximum atomic E-state index is 11.9. The van der Waals surface area contributed by atoms with Crippen LogP contribution in [-0.2, 0) is 26.5 Å². The maximum absolute atomic E-state index is 11.9. The fourth-order valence-electron chi connectivity index (χ4n) is 7.95. The van der Waals surface area contributed by atoms with Crippen LogP contribution in [-0.4, -0.2) is 23.9 Å². The molecule has 7 aromatic carbocycles. The maximum Gasteiger partial charge on any atom is 2.00 e. The van der Waals surface area contributed by atoms with Gasteiger partial charge in [-0.2, -0.15) is 35.9 Å². The first-order chi connectivity index (χ1) is 29.1. The van der Waals surface area contributed by atoms with Gasteiger partial charge >= 0.3 is 21.1 Å². The van der Waals surface area contributed by atoms with Crippen LogP contribution in [0.25, 0.3) is 88.9 Å². The first-order valence-corrected chi connectivity index (χ1v) is 18.2. The van der Waals surface area contributed by atoms with Crippen molar-refractivity contribution < 1.29 is 34.4 Å². The van der Waals surface area contributed by atoms with E-state index >= 15 is 0 Å². The Morgan fingerprint density at radius 3 is 2.16 bits per heavy atom. The van der Waals surface area contributed by atoms with E-state index in [9.17, 15) is 5.11 Å². The van der Waals surface area contributed by atoms with Crippen LogP contribution in [0.5, 0.6) is 5.75 Å². The van der Waals surface area contributed by atoms with Crippen LogP contribution in [0.4, 0.5) is 0 Å². The Labute approximate surface area is 348 Å². The number of aromatic hydroxyl groups is 1. The van der Waals surface area contributed by atoms with Crippen molar-refractivity contribution in [2.75, 3.05) is 0 Å². The van der Waals surface area contributed by atoms with Gasteiger partial charge in [0.05, 0.1) is 38.5 Å². The van der Waals surface area contributed by atoms with Crippen LogP contribution in [0, 0.1) is 25.8 Å². The Morgan fingerprint density at radius 1 is 0.643 bits per heavy atom. The Balaban J connectivity index is 0.00000490. The van der Waals surface area contributed by atoms with Crippen LogP contribution in [0.15, 0.2) is 133 Å². The molecular formula is C50H38N4OPt. The standard InChI is InChI=1S/C50H38N4O.Pt/c1-30-14-9-15-31(2)43(30)38-26-27-41-47-46(38)52-48(32-16-7-6-8-17-32)54(47)39-23-13-25-42(55)44(39)49-51-45-37(22-12-24-40(45)53(41)49)35-20-10-18-33(28-35)34-19-11-21-36(29-34)50(3,4)5;/h6-18,20-27,29,55H,1-5H3;/q-2;+2/i1D3,2D3;. The monoisotopic (exact) mass is 911 g/mol. The molecular weight excluding hydrogens is 868 g/mol. The number of fused-ring (bicyclic) bond motifs is 7. The molecule has 56 heavy (non-hydrogen) atoms. The van der Waals surface area contributed by atoms with E-state index < -0.39 is 13.7 Å². The van der Waals surface area contributed by atoms with Gasteiger partial charge in [0.1, 0.15) is 11.6 Å². The number of nitrogens with zero attached hydrogens (tertiary/aromatic N) is 4. The molecule has 0 unspecified atom stereocenters. The molecule has 10 aromatic rings.